The van der Waals surface area contributed by atoms with Crippen molar-refractivity contribution in [2.45, 2.75) is 45.8 Å². The molecule has 160 valence electrons. The van der Waals surface area contributed by atoms with Crippen LogP contribution in [-0.2, 0) is 14.3 Å². The van der Waals surface area contributed by atoms with Crippen LogP contribution >= 0.6 is 0 Å². The third kappa shape index (κ3) is 6.07. The first-order valence-electron chi connectivity index (χ1n) is 10.3. The smallest absolute Gasteiger partial charge is 0.338 e. The number of ether oxygens (including phenoxy) is 3. The van der Waals surface area contributed by atoms with Crippen LogP contribution in [0.5, 0.6) is 5.75 Å². The minimum atomic E-state index is -0.547. The molecule has 2 aromatic rings. The van der Waals surface area contributed by atoms with E-state index in [1.807, 2.05) is 32.9 Å². The summed E-state index contributed by atoms with van der Waals surface area (Å²) in [6.07, 6.45) is 2.21. The Morgan fingerprint density at radius 3 is 2.57 bits per heavy atom. The first kappa shape index (κ1) is 21.8. The van der Waals surface area contributed by atoms with Crippen molar-refractivity contribution in [2.24, 2.45) is 0 Å². The van der Waals surface area contributed by atoms with Gasteiger partial charge in [-0.15, -0.1) is 0 Å². The Hall–Kier alpha value is -2.86. The van der Waals surface area contributed by atoms with Crippen molar-refractivity contribution in [3.05, 3.63) is 64.7 Å². The summed E-state index contributed by atoms with van der Waals surface area (Å²) < 4.78 is 16.3. The summed E-state index contributed by atoms with van der Waals surface area (Å²) in [5, 5.41) is 2.85. The molecule has 0 bridgehead atoms. The van der Waals surface area contributed by atoms with Gasteiger partial charge in [0.2, 0.25) is 0 Å². The lowest BCUT2D eigenvalue weighted by Crippen LogP contribution is -2.31. The monoisotopic (exact) mass is 411 g/mol. The lowest BCUT2D eigenvalue weighted by molar-refractivity contribution is -0.124. The molecule has 6 nitrogen and oxygen atoms in total. The molecule has 0 aliphatic carbocycles. The zero-order valence-corrected chi connectivity index (χ0v) is 17.8. The minimum Gasteiger partial charge on any atom is -0.491 e. The van der Waals surface area contributed by atoms with Crippen LogP contribution in [0.1, 0.15) is 52.9 Å². The Labute approximate surface area is 177 Å². The van der Waals surface area contributed by atoms with E-state index in [9.17, 15) is 9.59 Å². The number of rotatable bonds is 8. The first-order valence-corrected chi connectivity index (χ1v) is 10.3. The van der Waals surface area contributed by atoms with Gasteiger partial charge in [-0.05, 0) is 74.6 Å². The number of amides is 1. The second-order valence-corrected chi connectivity index (χ2v) is 7.68. The van der Waals surface area contributed by atoms with Crippen LogP contribution < -0.4 is 10.1 Å². The first-order chi connectivity index (χ1) is 14.4. The van der Waals surface area contributed by atoms with Gasteiger partial charge in [-0.25, -0.2) is 4.79 Å². The second kappa shape index (κ2) is 10.3. The Bertz CT molecular complexity index is 872. The summed E-state index contributed by atoms with van der Waals surface area (Å²) in [5.41, 5.74) is 3.75. The summed E-state index contributed by atoms with van der Waals surface area (Å²) in [4.78, 5) is 24.4. The second-order valence-electron chi connectivity index (χ2n) is 7.68. The van der Waals surface area contributed by atoms with E-state index in [1.165, 1.54) is 11.1 Å². The standard InChI is InChI=1S/C24H29NO5/c1-16-6-7-20(13-17(16)2)18(3)25-23(26)15-30-24(27)19-8-10-21(11-9-19)29-14-22-5-4-12-28-22/h6-11,13,18,22H,4-5,12,14-15H2,1-3H3,(H,25,26)/t18-,22-/m0/s1. The van der Waals surface area contributed by atoms with Crippen LogP contribution in [-0.4, -0.2) is 37.8 Å². The van der Waals surface area contributed by atoms with Crippen molar-refractivity contribution >= 4 is 11.9 Å². The fraction of sp³-hybridized carbons (Fsp3) is 0.417. The quantitative estimate of drug-likeness (QED) is 0.667. The molecular weight excluding hydrogens is 382 g/mol. The third-order valence-electron chi connectivity index (χ3n) is 5.29. The lowest BCUT2D eigenvalue weighted by Gasteiger charge is -2.16. The lowest BCUT2D eigenvalue weighted by atomic mass is 10.0. The number of hydrogen-bond donors (Lipinski definition) is 1. The van der Waals surface area contributed by atoms with Gasteiger partial charge in [-0.3, -0.25) is 4.79 Å². The zero-order valence-electron chi connectivity index (χ0n) is 17.8. The molecule has 3 rings (SSSR count). The third-order valence-corrected chi connectivity index (χ3v) is 5.29. The number of carbonyl (C=O) groups is 2. The molecule has 1 heterocycles. The summed E-state index contributed by atoms with van der Waals surface area (Å²) >= 11 is 0. The number of esters is 1. The van der Waals surface area contributed by atoms with Crippen LogP contribution in [0.4, 0.5) is 0 Å². The molecule has 0 unspecified atom stereocenters. The zero-order chi connectivity index (χ0) is 21.5. The number of nitrogens with one attached hydrogen (secondary N) is 1. The van der Waals surface area contributed by atoms with Gasteiger partial charge in [-0.1, -0.05) is 18.2 Å². The van der Waals surface area contributed by atoms with Gasteiger partial charge < -0.3 is 19.5 Å². The largest absolute Gasteiger partial charge is 0.491 e. The highest BCUT2D eigenvalue weighted by molar-refractivity contribution is 5.91. The average molecular weight is 411 g/mol. The molecule has 6 heteroatoms. The van der Waals surface area contributed by atoms with Crippen LogP contribution in [0.3, 0.4) is 0 Å². The van der Waals surface area contributed by atoms with Crippen LogP contribution in [0.25, 0.3) is 0 Å². The molecule has 1 fully saturated rings. The maximum absolute atomic E-state index is 12.2. The topological polar surface area (TPSA) is 73.9 Å². The maximum atomic E-state index is 12.2. The van der Waals surface area contributed by atoms with Crippen LogP contribution in [0.2, 0.25) is 0 Å². The minimum absolute atomic E-state index is 0.138. The Balaban J connectivity index is 1.43. The number of aryl methyl sites for hydroxylation is 2. The van der Waals surface area contributed by atoms with E-state index in [1.54, 1.807) is 24.3 Å². The molecule has 1 aliphatic rings. The molecule has 30 heavy (non-hydrogen) atoms. The molecule has 2 atom stereocenters. The van der Waals surface area contributed by atoms with E-state index >= 15 is 0 Å². The van der Waals surface area contributed by atoms with Gasteiger partial charge in [0.05, 0.1) is 17.7 Å². The summed E-state index contributed by atoms with van der Waals surface area (Å²) in [6, 6.07) is 12.6. The molecule has 0 saturated carbocycles. The molecule has 1 N–H and O–H groups in total. The Morgan fingerprint density at radius 2 is 1.90 bits per heavy atom. The summed E-state index contributed by atoms with van der Waals surface area (Å²) in [7, 11) is 0. The van der Waals surface area contributed by atoms with E-state index in [-0.39, 0.29) is 24.7 Å². The Morgan fingerprint density at radius 1 is 1.13 bits per heavy atom. The van der Waals surface area contributed by atoms with Gasteiger partial charge in [0.1, 0.15) is 12.4 Å². The fourth-order valence-corrected chi connectivity index (χ4v) is 3.27. The van der Waals surface area contributed by atoms with Gasteiger partial charge >= 0.3 is 5.97 Å². The van der Waals surface area contributed by atoms with Gasteiger partial charge in [0.15, 0.2) is 6.61 Å². The van der Waals surface area contributed by atoms with Crippen molar-refractivity contribution in [2.75, 3.05) is 19.8 Å². The van der Waals surface area contributed by atoms with E-state index in [2.05, 4.69) is 11.4 Å². The molecule has 2 aromatic carbocycles. The van der Waals surface area contributed by atoms with E-state index in [4.69, 9.17) is 14.2 Å². The van der Waals surface area contributed by atoms with Crippen molar-refractivity contribution < 1.29 is 23.8 Å². The predicted octanol–water partition coefficient (Wildman–Crippen LogP) is 3.90. The van der Waals surface area contributed by atoms with E-state index in [0.29, 0.717) is 17.9 Å². The van der Waals surface area contributed by atoms with Crippen molar-refractivity contribution in [1.82, 2.24) is 5.32 Å². The van der Waals surface area contributed by atoms with Gasteiger partial charge in [0.25, 0.3) is 5.91 Å². The normalized spacial score (nSPS) is 16.7. The number of hydrogen-bond acceptors (Lipinski definition) is 5. The molecule has 1 amide bonds. The molecule has 0 spiro atoms. The summed E-state index contributed by atoms with van der Waals surface area (Å²) in [6.45, 7) is 6.95. The molecule has 0 aromatic heterocycles. The van der Waals surface area contributed by atoms with Crippen molar-refractivity contribution in [3.8, 4) is 5.75 Å². The SMILES string of the molecule is Cc1ccc([C@H](C)NC(=O)COC(=O)c2ccc(OC[C@@H]3CCCO3)cc2)cc1C. The highest BCUT2D eigenvalue weighted by Gasteiger charge is 2.17. The van der Waals surface area contributed by atoms with Gasteiger partial charge in [-0.2, -0.15) is 0 Å². The molecular formula is C24H29NO5. The highest BCUT2D eigenvalue weighted by Crippen LogP contribution is 2.18. The summed E-state index contributed by atoms with van der Waals surface area (Å²) in [5.74, 6) is -0.220. The number of carbonyl (C=O) groups excluding carboxylic acids is 2. The van der Waals surface area contributed by atoms with Crippen molar-refractivity contribution in [1.29, 1.82) is 0 Å². The Kier molecular flexibility index (Phi) is 7.46. The van der Waals surface area contributed by atoms with Crippen LogP contribution in [0.15, 0.2) is 42.5 Å². The average Bonchev–Trinajstić information content (AvgIpc) is 3.26. The molecule has 1 saturated heterocycles. The predicted molar refractivity (Wildman–Crippen MR) is 114 cm³/mol. The number of benzene rings is 2. The van der Waals surface area contributed by atoms with Crippen LogP contribution in [0, 0.1) is 13.8 Å². The molecule has 1 aliphatic heterocycles. The molecule has 0 radical (unpaired) electrons. The fourth-order valence-electron chi connectivity index (χ4n) is 3.27. The van der Waals surface area contributed by atoms with Gasteiger partial charge in [0, 0.05) is 6.61 Å². The van der Waals surface area contributed by atoms with E-state index in [0.717, 1.165) is 25.0 Å². The highest BCUT2D eigenvalue weighted by atomic mass is 16.5. The van der Waals surface area contributed by atoms with E-state index < -0.39 is 5.97 Å². The maximum Gasteiger partial charge on any atom is 0.338 e. The van der Waals surface area contributed by atoms with Crippen molar-refractivity contribution in [3.63, 3.8) is 0 Å².